The first-order chi connectivity index (χ1) is 12.7. The molecule has 3 rings (SSSR count). The van der Waals surface area contributed by atoms with Crippen molar-refractivity contribution >= 4 is 27.3 Å². The molecule has 0 saturated carbocycles. The number of sulfonamides is 1. The van der Waals surface area contributed by atoms with Gasteiger partial charge in [0.15, 0.2) is 0 Å². The second-order valence-electron chi connectivity index (χ2n) is 8.23. The van der Waals surface area contributed by atoms with Gasteiger partial charge in [0, 0.05) is 11.6 Å². The number of nitrogens with zero attached hydrogens (tertiary/aromatic N) is 1. The molecule has 27 heavy (non-hydrogen) atoms. The molecule has 2 aromatic rings. The third-order valence-corrected chi connectivity index (χ3v) is 7.21. The van der Waals surface area contributed by atoms with Crippen LogP contribution in [0.15, 0.2) is 47.4 Å². The topological polar surface area (TPSA) is 37.4 Å². The minimum absolute atomic E-state index is 0.292. The monoisotopic (exact) mass is 405 g/mol. The van der Waals surface area contributed by atoms with Gasteiger partial charge in [0.05, 0.1) is 10.6 Å². The molecule has 0 aromatic heterocycles. The second kappa shape index (κ2) is 7.84. The Hall–Kier alpha value is -1.52. The molecule has 0 fully saturated rings. The van der Waals surface area contributed by atoms with Crippen molar-refractivity contribution in [3.8, 4) is 0 Å². The molecule has 0 saturated heterocycles. The smallest absolute Gasteiger partial charge is 0.264 e. The van der Waals surface area contributed by atoms with Crippen molar-refractivity contribution in [3.63, 3.8) is 0 Å². The maximum Gasteiger partial charge on any atom is 0.264 e. The lowest BCUT2D eigenvalue weighted by molar-refractivity contribution is 0.405. The Morgan fingerprint density at radius 1 is 1.07 bits per heavy atom. The fourth-order valence-electron chi connectivity index (χ4n) is 3.87. The Morgan fingerprint density at radius 2 is 1.74 bits per heavy atom. The lowest BCUT2D eigenvalue weighted by Crippen LogP contribution is -2.40. The third kappa shape index (κ3) is 4.33. The van der Waals surface area contributed by atoms with Gasteiger partial charge in [-0.3, -0.25) is 4.31 Å². The average molecular weight is 406 g/mol. The quantitative estimate of drug-likeness (QED) is 0.623. The van der Waals surface area contributed by atoms with Crippen molar-refractivity contribution in [2.45, 2.75) is 51.3 Å². The number of benzene rings is 2. The van der Waals surface area contributed by atoms with Gasteiger partial charge in [0.2, 0.25) is 0 Å². The van der Waals surface area contributed by atoms with Crippen LogP contribution in [0.1, 0.15) is 51.2 Å². The van der Waals surface area contributed by atoms with E-state index >= 15 is 0 Å². The summed E-state index contributed by atoms with van der Waals surface area (Å²) in [7, 11) is -3.61. The summed E-state index contributed by atoms with van der Waals surface area (Å²) >= 11 is 6.19. The van der Waals surface area contributed by atoms with Gasteiger partial charge in [-0.05, 0) is 72.1 Å². The van der Waals surface area contributed by atoms with Gasteiger partial charge in [-0.25, -0.2) is 8.42 Å². The molecule has 0 radical (unpaired) electrons. The second-order valence-corrected chi connectivity index (χ2v) is 10.5. The Labute approximate surface area is 168 Å². The zero-order chi connectivity index (χ0) is 19.8. The summed E-state index contributed by atoms with van der Waals surface area (Å²) < 4.78 is 28.5. The number of halogens is 1. The summed E-state index contributed by atoms with van der Waals surface area (Å²) in [5.74, 6) is 1.18. The summed E-state index contributed by atoms with van der Waals surface area (Å²) in [6.45, 7) is 9.07. The van der Waals surface area contributed by atoms with E-state index in [-0.39, 0.29) is 0 Å². The molecule has 0 N–H and O–H groups in total. The Kier molecular flexibility index (Phi) is 5.87. The van der Waals surface area contributed by atoms with Crippen LogP contribution in [0.5, 0.6) is 0 Å². The van der Waals surface area contributed by atoms with Gasteiger partial charge in [0.25, 0.3) is 10.0 Å². The molecule has 146 valence electrons. The van der Waals surface area contributed by atoms with Crippen molar-refractivity contribution in [1.29, 1.82) is 0 Å². The van der Waals surface area contributed by atoms with Gasteiger partial charge >= 0.3 is 0 Å². The summed E-state index contributed by atoms with van der Waals surface area (Å²) in [6, 6.07) is 12.8. The van der Waals surface area contributed by atoms with Crippen molar-refractivity contribution in [2.75, 3.05) is 10.8 Å². The maximum absolute atomic E-state index is 13.4. The van der Waals surface area contributed by atoms with Crippen LogP contribution in [-0.4, -0.2) is 15.0 Å². The molecule has 1 aliphatic heterocycles. The van der Waals surface area contributed by atoms with E-state index in [1.54, 1.807) is 22.5 Å². The molecule has 1 heterocycles. The molecule has 0 bridgehead atoms. The van der Waals surface area contributed by atoms with E-state index in [2.05, 4.69) is 27.7 Å². The van der Waals surface area contributed by atoms with E-state index in [4.69, 9.17) is 11.6 Å². The number of hydrogen-bond acceptors (Lipinski definition) is 2. The van der Waals surface area contributed by atoms with Gasteiger partial charge in [0.1, 0.15) is 0 Å². The fourth-order valence-corrected chi connectivity index (χ4v) is 5.65. The Balaban J connectivity index is 2.02. The van der Waals surface area contributed by atoms with Crippen molar-refractivity contribution < 1.29 is 8.42 Å². The van der Waals surface area contributed by atoms with Crippen LogP contribution in [0.3, 0.4) is 0 Å². The van der Waals surface area contributed by atoms with Crippen LogP contribution >= 0.6 is 11.6 Å². The predicted molar refractivity (Wildman–Crippen MR) is 113 cm³/mol. The van der Waals surface area contributed by atoms with Crippen molar-refractivity contribution in [3.05, 3.63) is 58.6 Å². The number of fused-ring (bicyclic) bond motifs is 1. The number of anilines is 1. The van der Waals surface area contributed by atoms with Gasteiger partial charge in [-0.1, -0.05) is 51.4 Å². The number of hydrogen-bond donors (Lipinski definition) is 0. The number of rotatable bonds is 5. The normalized spacial score (nSPS) is 17.4. The van der Waals surface area contributed by atoms with E-state index in [9.17, 15) is 8.42 Å². The molecule has 2 aromatic carbocycles. The molecular weight excluding hydrogens is 378 g/mol. The zero-order valence-electron chi connectivity index (χ0n) is 16.4. The van der Waals surface area contributed by atoms with E-state index in [0.29, 0.717) is 34.2 Å². The van der Waals surface area contributed by atoms with Crippen molar-refractivity contribution in [1.82, 2.24) is 0 Å². The van der Waals surface area contributed by atoms with Gasteiger partial charge in [-0.2, -0.15) is 0 Å². The van der Waals surface area contributed by atoms with Gasteiger partial charge in [-0.15, -0.1) is 0 Å². The minimum Gasteiger partial charge on any atom is -0.266 e. The molecular formula is C22H28ClNO2S. The van der Waals surface area contributed by atoms with E-state index in [0.717, 1.165) is 29.7 Å². The minimum atomic E-state index is -3.61. The third-order valence-electron chi connectivity index (χ3n) is 5.18. The summed E-state index contributed by atoms with van der Waals surface area (Å²) in [6.07, 6.45) is 1.86. The van der Waals surface area contributed by atoms with Crippen molar-refractivity contribution in [2.24, 2.45) is 11.8 Å². The highest BCUT2D eigenvalue weighted by molar-refractivity contribution is 7.92. The summed E-state index contributed by atoms with van der Waals surface area (Å²) in [4.78, 5) is 0.345. The molecule has 0 aliphatic carbocycles. The SMILES string of the molecule is CC(C)CC1Cc2cc(Cl)ccc2N(S(=O)(=O)c2ccc(C(C)C)cc2)C1. The maximum atomic E-state index is 13.4. The Bertz CT molecular complexity index is 904. The fraction of sp³-hybridized carbons (Fsp3) is 0.455. The first kappa shape index (κ1) is 20.2. The molecule has 3 nitrogen and oxygen atoms in total. The van der Waals surface area contributed by atoms with Crippen LogP contribution in [-0.2, 0) is 16.4 Å². The lowest BCUT2D eigenvalue weighted by Gasteiger charge is -2.36. The molecule has 1 unspecified atom stereocenters. The molecule has 5 heteroatoms. The summed E-state index contributed by atoms with van der Waals surface area (Å²) in [5, 5.41) is 0.651. The standard InChI is InChI=1S/C22H28ClNO2S/c1-15(2)11-17-12-19-13-20(23)7-10-22(19)24(14-17)27(25,26)21-8-5-18(6-9-21)16(3)4/h5-10,13,15-17H,11-12,14H2,1-4H3. The van der Waals surface area contributed by atoms with E-state index in [1.165, 1.54) is 0 Å². The molecule has 0 spiro atoms. The lowest BCUT2D eigenvalue weighted by atomic mass is 9.87. The first-order valence-electron chi connectivity index (χ1n) is 9.59. The van der Waals surface area contributed by atoms with Crippen LogP contribution in [0.25, 0.3) is 0 Å². The highest BCUT2D eigenvalue weighted by Crippen LogP contribution is 2.37. The largest absolute Gasteiger partial charge is 0.266 e. The molecule has 1 atom stereocenters. The average Bonchev–Trinajstić information content (AvgIpc) is 2.60. The van der Waals surface area contributed by atoms with Crippen LogP contribution < -0.4 is 4.31 Å². The predicted octanol–water partition coefficient (Wildman–Crippen LogP) is 5.88. The molecule has 1 aliphatic rings. The zero-order valence-corrected chi connectivity index (χ0v) is 18.0. The summed E-state index contributed by atoms with van der Waals surface area (Å²) in [5.41, 5.74) is 2.91. The van der Waals surface area contributed by atoms with E-state index < -0.39 is 10.0 Å². The van der Waals surface area contributed by atoms with Crippen LogP contribution in [0, 0.1) is 11.8 Å². The highest BCUT2D eigenvalue weighted by Gasteiger charge is 2.33. The van der Waals surface area contributed by atoms with Gasteiger partial charge < -0.3 is 0 Å². The van der Waals surface area contributed by atoms with Crippen LogP contribution in [0.2, 0.25) is 5.02 Å². The highest BCUT2D eigenvalue weighted by atomic mass is 35.5. The first-order valence-corrected chi connectivity index (χ1v) is 11.4. The van der Waals surface area contributed by atoms with E-state index in [1.807, 2.05) is 24.3 Å². The van der Waals surface area contributed by atoms with Crippen LogP contribution in [0.4, 0.5) is 5.69 Å². The molecule has 0 amide bonds. The Morgan fingerprint density at radius 3 is 2.33 bits per heavy atom.